The molecule has 5 heteroatoms. The van der Waals surface area contributed by atoms with Gasteiger partial charge >= 0.3 is 0 Å². The summed E-state index contributed by atoms with van der Waals surface area (Å²) in [5, 5.41) is 7.44. The molecule has 0 radical (unpaired) electrons. The lowest BCUT2D eigenvalue weighted by Gasteiger charge is -2.11. The van der Waals surface area contributed by atoms with Crippen molar-refractivity contribution in [3.8, 4) is 0 Å². The van der Waals surface area contributed by atoms with Crippen molar-refractivity contribution in [2.75, 3.05) is 0 Å². The molecule has 3 nitrogen and oxygen atoms in total. The van der Waals surface area contributed by atoms with Gasteiger partial charge in [-0.2, -0.15) is 5.10 Å². The van der Waals surface area contributed by atoms with Crippen LogP contribution >= 0.6 is 0 Å². The maximum absolute atomic E-state index is 13.0. The smallest absolute Gasteiger partial charge is 0.126 e. The molecule has 0 spiro atoms. The third kappa shape index (κ3) is 3.13. The summed E-state index contributed by atoms with van der Waals surface area (Å²) in [5.74, 6) is -1.12. The molecule has 2 aromatic rings. The highest BCUT2D eigenvalue weighted by molar-refractivity contribution is 5.18. The van der Waals surface area contributed by atoms with Gasteiger partial charge in [-0.15, -0.1) is 0 Å². The predicted octanol–water partition coefficient (Wildman–Crippen LogP) is 2.55. The zero-order valence-electron chi connectivity index (χ0n) is 10.3. The zero-order valence-corrected chi connectivity index (χ0v) is 10.3. The van der Waals surface area contributed by atoms with E-state index in [0.717, 1.165) is 11.8 Å². The number of nitrogens with one attached hydrogen (secondary N) is 1. The van der Waals surface area contributed by atoms with E-state index in [1.54, 1.807) is 4.68 Å². The van der Waals surface area contributed by atoms with Crippen molar-refractivity contribution in [1.82, 2.24) is 15.1 Å². The van der Waals surface area contributed by atoms with Crippen molar-refractivity contribution in [1.29, 1.82) is 0 Å². The minimum absolute atomic E-state index is 0.0255. The molecule has 0 amide bonds. The van der Waals surface area contributed by atoms with Crippen molar-refractivity contribution >= 4 is 0 Å². The van der Waals surface area contributed by atoms with Gasteiger partial charge in [0.2, 0.25) is 0 Å². The van der Waals surface area contributed by atoms with E-state index in [2.05, 4.69) is 10.4 Å². The number of aromatic nitrogens is 2. The lowest BCUT2D eigenvalue weighted by molar-refractivity contribution is 0.540. The van der Waals surface area contributed by atoms with E-state index < -0.39 is 11.6 Å². The van der Waals surface area contributed by atoms with Gasteiger partial charge in [0.1, 0.15) is 11.6 Å². The summed E-state index contributed by atoms with van der Waals surface area (Å²) < 4.78 is 27.7. The van der Waals surface area contributed by atoms with E-state index in [1.807, 2.05) is 26.2 Å². The summed E-state index contributed by atoms with van der Waals surface area (Å²) in [4.78, 5) is 0. The molecule has 2 rings (SSSR count). The molecular weight excluding hydrogens is 236 g/mol. The molecule has 1 aromatic carbocycles. The SMILES string of the molecule is CC(NCc1cc(F)cc(F)c1)c1ccn(C)n1. The van der Waals surface area contributed by atoms with Crippen LogP contribution in [-0.4, -0.2) is 9.78 Å². The van der Waals surface area contributed by atoms with E-state index in [0.29, 0.717) is 12.1 Å². The Hall–Kier alpha value is -1.75. The van der Waals surface area contributed by atoms with Crippen molar-refractivity contribution in [3.05, 3.63) is 53.4 Å². The number of hydrogen-bond donors (Lipinski definition) is 1. The predicted molar refractivity (Wildman–Crippen MR) is 64.8 cm³/mol. The summed E-state index contributed by atoms with van der Waals surface area (Å²) >= 11 is 0. The van der Waals surface area contributed by atoms with Crippen molar-refractivity contribution in [3.63, 3.8) is 0 Å². The Morgan fingerprint density at radius 3 is 2.50 bits per heavy atom. The van der Waals surface area contributed by atoms with E-state index in [4.69, 9.17) is 0 Å². The second kappa shape index (κ2) is 5.27. The fraction of sp³-hybridized carbons (Fsp3) is 0.308. The summed E-state index contributed by atoms with van der Waals surface area (Å²) in [7, 11) is 1.85. The van der Waals surface area contributed by atoms with Crippen LogP contribution in [0.4, 0.5) is 8.78 Å². The summed E-state index contributed by atoms with van der Waals surface area (Å²) in [6.45, 7) is 2.35. The number of rotatable bonds is 4. The Balaban J connectivity index is 1.99. The zero-order chi connectivity index (χ0) is 13.1. The normalized spacial score (nSPS) is 12.7. The third-order valence-electron chi connectivity index (χ3n) is 2.71. The lowest BCUT2D eigenvalue weighted by Crippen LogP contribution is -2.19. The van der Waals surface area contributed by atoms with Crippen LogP contribution in [0.2, 0.25) is 0 Å². The Morgan fingerprint density at radius 2 is 1.94 bits per heavy atom. The second-order valence-electron chi connectivity index (χ2n) is 4.29. The van der Waals surface area contributed by atoms with Crippen LogP contribution in [0.15, 0.2) is 30.5 Å². The highest BCUT2D eigenvalue weighted by Gasteiger charge is 2.08. The molecule has 0 saturated heterocycles. The molecule has 1 heterocycles. The van der Waals surface area contributed by atoms with Crippen LogP contribution in [0.1, 0.15) is 24.2 Å². The molecule has 0 aliphatic heterocycles. The van der Waals surface area contributed by atoms with Gasteiger partial charge in [0.15, 0.2) is 0 Å². The number of aryl methyl sites for hydroxylation is 1. The van der Waals surface area contributed by atoms with Crippen molar-refractivity contribution in [2.45, 2.75) is 19.5 Å². The third-order valence-corrected chi connectivity index (χ3v) is 2.71. The van der Waals surface area contributed by atoms with Gasteiger partial charge in [0.05, 0.1) is 5.69 Å². The topological polar surface area (TPSA) is 29.9 Å². The fourth-order valence-electron chi connectivity index (χ4n) is 1.75. The molecular formula is C13H15F2N3. The molecule has 0 fully saturated rings. The highest BCUT2D eigenvalue weighted by atomic mass is 19.1. The highest BCUT2D eigenvalue weighted by Crippen LogP contribution is 2.12. The fourth-order valence-corrected chi connectivity index (χ4v) is 1.75. The van der Waals surface area contributed by atoms with Crippen LogP contribution in [0.3, 0.4) is 0 Å². The monoisotopic (exact) mass is 251 g/mol. The minimum atomic E-state index is -0.558. The van der Waals surface area contributed by atoms with Crippen LogP contribution < -0.4 is 5.32 Å². The van der Waals surface area contributed by atoms with Crippen LogP contribution in [0, 0.1) is 11.6 Å². The van der Waals surface area contributed by atoms with Gasteiger partial charge in [0, 0.05) is 31.9 Å². The number of nitrogens with zero attached hydrogens (tertiary/aromatic N) is 2. The van der Waals surface area contributed by atoms with E-state index >= 15 is 0 Å². The van der Waals surface area contributed by atoms with Gasteiger partial charge in [-0.25, -0.2) is 8.78 Å². The number of benzene rings is 1. The standard InChI is InChI=1S/C13H15F2N3/c1-9(13-3-4-18(2)17-13)16-8-10-5-11(14)7-12(15)6-10/h3-7,9,16H,8H2,1-2H3. The second-order valence-corrected chi connectivity index (χ2v) is 4.29. The van der Waals surface area contributed by atoms with Gasteiger partial charge < -0.3 is 5.32 Å². The van der Waals surface area contributed by atoms with Crippen LogP contribution in [0.25, 0.3) is 0 Å². The molecule has 1 unspecified atom stereocenters. The Bertz CT molecular complexity index is 517. The first kappa shape index (κ1) is 12.7. The van der Waals surface area contributed by atoms with Crippen LogP contribution in [-0.2, 0) is 13.6 Å². The van der Waals surface area contributed by atoms with Gasteiger partial charge in [0.25, 0.3) is 0 Å². The Kier molecular flexibility index (Phi) is 3.72. The first-order valence-electron chi connectivity index (χ1n) is 5.72. The summed E-state index contributed by atoms with van der Waals surface area (Å²) in [5.41, 5.74) is 1.48. The molecule has 18 heavy (non-hydrogen) atoms. The molecule has 0 saturated carbocycles. The Labute approximate surface area is 104 Å². The van der Waals surface area contributed by atoms with Crippen molar-refractivity contribution < 1.29 is 8.78 Å². The number of hydrogen-bond acceptors (Lipinski definition) is 2. The van der Waals surface area contributed by atoms with E-state index in [-0.39, 0.29) is 6.04 Å². The van der Waals surface area contributed by atoms with E-state index in [9.17, 15) is 8.78 Å². The minimum Gasteiger partial charge on any atom is -0.305 e. The maximum Gasteiger partial charge on any atom is 0.126 e. The maximum atomic E-state index is 13.0. The quantitative estimate of drug-likeness (QED) is 0.905. The lowest BCUT2D eigenvalue weighted by atomic mass is 10.2. The Morgan fingerprint density at radius 1 is 1.28 bits per heavy atom. The van der Waals surface area contributed by atoms with Gasteiger partial charge in [-0.05, 0) is 30.7 Å². The molecule has 0 aliphatic rings. The molecule has 1 aromatic heterocycles. The average Bonchev–Trinajstić information content (AvgIpc) is 2.71. The van der Waals surface area contributed by atoms with Crippen molar-refractivity contribution in [2.24, 2.45) is 7.05 Å². The first-order chi connectivity index (χ1) is 8.54. The van der Waals surface area contributed by atoms with Crippen LogP contribution in [0.5, 0.6) is 0 Å². The van der Waals surface area contributed by atoms with E-state index in [1.165, 1.54) is 12.1 Å². The largest absolute Gasteiger partial charge is 0.305 e. The summed E-state index contributed by atoms with van der Waals surface area (Å²) in [6, 6.07) is 5.44. The van der Waals surface area contributed by atoms with Gasteiger partial charge in [-0.3, -0.25) is 4.68 Å². The number of halogens is 2. The molecule has 96 valence electrons. The first-order valence-corrected chi connectivity index (χ1v) is 5.72. The molecule has 0 aliphatic carbocycles. The molecule has 1 N–H and O–H groups in total. The van der Waals surface area contributed by atoms with Gasteiger partial charge in [-0.1, -0.05) is 0 Å². The molecule has 1 atom stereocenters. The average molecular weight is 251 g/mol. The summed E-state index contributed by atoms with van der Waals surface area (Å²) in [6.07, 6.45) is 1.86. The molecule has 0 bridgehead atoms.